The molecule has 5 nitrogen and oxygen atoms in total. The van der Waals surface area contributed by atoms with Gasteiger partial charge in [-0.2, -0.15) is 0 Å². The van der Waals surface area contributed by atoms with Gasteiger partial charge in [-0.1, -0.05) is 6.07 Å². The molecule has 0 aromatic carbocycles. The number of aromatic nitrogens is 3. The fourth-order valence-electron chi connectivity index (χ4n) is 2.90. The molecule has 0 atom stereocenters. The zero-order chi connectivity index (χ0) is 18.1. The molecule has 6 bridgehead atoms. The van der Waals surface area contributed by atoms with Crippen LogP contribution in [0.15, 0.2) is 60.7 Å². The van der Waals surface area contributed by atoms with E-state index in [-0.39, 0.29) is 0 Å². The molecule has 5 heteroatoms. The van der Waals surface area contributed by atoms with Crippen molar-refractivity contribution < 1.29 is 0 Å². The average molecular weight is 341 g/mol. The summed E-state index contributed by atoms with van der Waals surface area (Å²) in [6.07, 6.45) is 3.82. The number of nitrogens with two attached hydrogens (primary N) is 1. The highest BCUT2D eigenvalue weighted by atomic mass is 15.3. The van der Waals surface area contributed by atoms with Gasteiger partial charge >= 0.3 is 0 Å². The summed E-state index contributed by atoms with van der Waals surface area (Å²) in [6, 6.07) is 19.4. The van der Waals surface area contributed by atoms with Crippen LogP contribution in [-0.4, -0.2) is 14.6 Å². The maximum atomic E-state index is 8.09. The lowest BCUT2D eigenvalue weighted by Gasteiger charge is -1.95. The Morgan fingerprint density at radius 1 is 0.846 bits per heavy atom. The number of aryl methyl sites for hydroxylation is 1. The smallest absolute Gasteiger partial charge is 0.0659 e. The second kappa shape index (κ2) is 6.37. The molecule has 0 spiro atoms. The molecule has 0 saturated heterocycles. The largest absolute Gasteiger partial charge is 0.355 e. The molecule has 1 aliphatic heterocycles. The van der Waals surface area contributed by atoms with Crippen molar-refractivity contribution in [1.29, 1.82) is 5.41 Å². The summed E-state index contributed by atoms with van der Waals surface area (Å²) in [4.78, 5) is 7.88. The van der Waals surface area contributed by atoms with E-state index in [1.165, 1.54) is 0 Å². The maximum Gasteiger partial charge on any atom is 0.0659 e. The Hall–Kier alpha value is -3.60. The van der Waals surface area contributed by atoms with Crippen molar-refractivity contribution in [2.24, 2.45) is 0 Å². The second-order valence-corrected chi connectivity index (χ2v) is 6.33. The molecule has 3 aromatic rings. The zero-order valence-electron chi connectivity index (χ0n) is 14.4. The third kappa shape index (κ3) is 3.28. The molecule has 0 fully saturated rings. The van der Waals surface area contributed by atoms with Crippen LogP contribution in [0.1, 0.15) is 17.0 Å². The quantitative estimate of drug-likeness (QED) is 0.426. The lowest BCUT2D eigenvalue weighted by Crippen LogP contribution is -2.06. The molecule has 0 aliphatic carbocycles. The van der Waals surface area contributed by atoms with Crippen molar-refractivity contribution in [3.8, 4) is 0 Å². The third-order valence-electron chi connectivity index (χ3n) is 4.21. The van der Waals surface area contributed by atoms with Crippen molar-refractivity contribution >= 4 is 34.2 Å². The zero-order valence-corrected chi connectivity index (χ0v) is 14.4. The molecule has 0 unspecified atom stereocenters. The molecule has 0 radical (unpaired) electrons. The Bertz CT molecular complexity index is 1230. The van der Waals surface area contributed by atoms with E-state index < -0.39 is 0 Å². The van der Waals surface area contributed by atoms with E-state index in [4.69, 9.17) is 11.3 Å². The number of hydrogen-bond acceptors (Lipinski definition) is 3. The minimum atomic E-state index is 0.400. The Morgan fingerprint density at radius 3 is 2.27 bits per heavy atom. The summed E-state index contributed by atoms with van der Waals surface area (Å²) in [5.74, 6) is 6.23. The number of nitrogen functional groups attached to an aromatic ring is 1. The standard InChI is InChI=1S/C21H19N5/c1-14-2-3-15(22)11-17-5-7-19(25-17)13-21-9-8-20(26(21)23)12-18-6-4-16(10-14)24-18/h2-13,22,24H,23H2,1H3. The average Bonchev–Trinajstić information content (AvgIpc) is 3.31. The van der Waals surface area contributed by atoms with E-state index in [1.54, 1.807) is 16.8 Å². The van der Waals surface area contributed by atoms with Crippen LogP contribution in [0.25, 0.3) is 34.2 Å². The second-order valence-electron chi connectivity index (χ2n) is 6.33. The van der Waals surface area contributed by atoms with Crippen molar-refractivity contribution in [2.45, 2.75) is 6.92 Å². The van der Waals surface area contributed by atoms with Gasteiger partial charge in [0.05, 0.1) is 27.8 Å². The minimum Gasteiger partial charge on any atom is -0.355 e. The Balaban J connectivity index is 2.08. The summed E-state index contributed by atoms with van der Waals surface area (Å²) in [7, 11) is 0. The molecular formula is C21H19N5. The Labute approximate surface area is 150 Å². The number of H-pyrrole nitrogens is 1. The van der Waals surface area contributed by atoms with Gasteiger partial charge in [0.25, 0.3) is 0 Å². The third-order valence-corrected chi connectivity index (χ3v) is 4.21. The van der Waals surface area contributed by atoms with Gasteiger partial charge in [-0.15, -0.1) is 0 Å². The van der Waals surface area contributed by atoms with E-state index in [9.17, 15) is 0 Å². The lowest BCUT2D eigenvalue weighted by molar-refractivity contribution is 1.11. The number of aromatic amines is 1. The van der Waals surface area contributed by atoms with Crippen LogP contribution in [0.2, 0.25) is 0 Å². The van der Waals surface area contributed by atoms with Crippen molar-refractivity contribution in [3.05, 3.63) is 83.0 Å². The predicted molar refractivity (Wildman–Crippen MR) is 107 cm³/mol. The van der Waals surface area contributed by atoms with E-state index in [0.717, 1.165) is 39.0 Å². The molecule has 1 aliphatic rings. The van der Waals surface area contributed by atoms with Crippen molar-refractivity contribution in [3.63, 3.8) is 0 Å². The molecule has 26 heavy (non-hydrogen) atoms. The van der Waals surface area contributed by atoms with Crippen LogP contribution in [0.4, 0.5) is 0 Å². The molecule has 3 aromatic heterocycles. The first kappa shape index (κ1) is 15.9. The van der Waals surface area contributed by atoms with Gasteiger partial charge in [0, 0.05) is 11.0 Å². The Morgan fingerprint density at radius 2 is 1.50 bits per heavy atom. The van der Waals surface area contributed by atoms with Gasteiger partial charge in [0.2, 0.25) is 0 Å². The van der Waals surface area contributed by atoms with Gasteiger partial charge < -0.3 is 16.2 Å². The lowest BCUT2D eigenvalue weighted by atomic mass is 10.3. The molecule has 0 amide bonds. The topological polar surface area (TPSA) is 83.5 Å². The first-order valence-corrected chi connectivity index (χ1v) is 8.35. The summed E-state index contributed by atoms with van der Waals surface area (Å²) in [5, 5.41) is 8.49. The van der Waals surface area contributed by atoms with E-state index in [2.05, 4.69) is 9.97 Å². The summed E-state index contributed by atoms with van der Waals surface area (Å²) in [5.41, 5.74) is 6.36. The van der Waals surface area contributed by atoms with Crippen LogP contribution in [0.5, 0.6) is 0 Å². The normalized spacial score (nSPS) is 11.4. The fourth-order valence-corrected chi connectivity index (χ4v) is 2.90. The monoisotopic (exact) mass is 341 g/mol. The highest BCUT2D eigenvalue weighted by Crippen LogP contribution is 2.14. The van der Waals surface area contributed by atoms with Gasteiger partial charge in [0.1, 0.15) is 0 Å². The number of rotatable bonds is 0. The SMILES string of the molecule is Cc1ccc(=N)cc2nc(cc3ccc(cc4ccc(c1)[nH]4)n3N)C=C2. The molecule has 128 valence electrons. The van der Waals surface area contributed by atoms with Crippen LogP contribution < -0.4 is 11.2 Å². The predicted octanol–water partition coefficient (Wildman–Crippen LogP) is 3.75. The summed E-state index contributed by atoms with van der Waals surface area (Å²) < 4.78 is 1.64. The van der Waals surface area contributed by atoms with E-state index >= 15 is 0 Å². The van der Waals surface area contributed by atoms with E-state index in [0.29, 0.717) is 5.36 Å². The highest BCUT2D eigenvalue weighted by Gasteiger charge is 2.00. The van der Waals surface area contributed by atoms with E-state index in [1.807, 2.05) is 67.6 Å². The van der Waals surface area contributed by atoms with Gasteiger partial charge in [-0.25, -0.2) is 4.98 Å². The van der Waals surface area contributed by atoms with Crippen molar-refractivity contribution in [2.75, 3.05) is 5.84 Å². The fraction of sp³-hybridized carbons (Fsp3) is 0.0476. The highest BCUT2D eigenvalue weighted by molar-refractivity contribution is 5.74. The van der Waals surface area contributed by atoms with Crippen LogP contribution in [0, 0.1) is 12.3 Å². The minimum absolute atomic E-state index is 0.400. The maximum absolute atomic E-state index is 8.09. The van der Waals surface area contributed by atoms with Crippen LogP contribution >= 0.6 is 0 Å². The molecule has 0 saturated carbocycles. The summed E-state index contributed by atoms with van der Waals surface area (Å²) in [6.45, 7) is 2.01. The van der Waals surface area contributed by atoms with Crippen LogP contribution in [0.3, 0.4) is 0 Å². The Kier molecular flexibility index (Phi) is 3.89. The number of hydrogen-bond donors (Lipinski definition) is 3. The molecule has 4 rings (SSSR count). The number of nitrogens with zero attached hydrogens (tertiary/aromatic N) is 2. The molecule has 4 N–H and O–H groups in total. The first-order valence-electron chi connectivity index (χ1n) is 8.35. The van der Waals surface area contributed by atoms with Gasteiger partial charge in [-0.05, 0) is 79.2 Å². The van der Waals surface area contributed by atoms with Gasteiger partial charge in [0.15, 0.2) is 0 Å². The number of fused-ring (bicyclic) bond motifs is 6. The number of nitrogens with one attached hydrogen (secondary N) is 2. The summed E-state index contributed by atoms with van der Waals surface area (Å²) >= 11 is 0. The first-order chi connectivity index (χ1) is 12.6. The van der Waals surface area contributed by atoms with Crippen molar-refractivity contribution in [1.82, 2.24) is 14.6 Å². The molecular weight excluding hydrogens is 322 g/mol. The van der Waals surface area contributed by atoms with Crippen LogP contribution in [-0.2, 0) is 0 Å². The molecule has 4 heterocycles. The van der Waals surface area contributed by atoms with Gasteiger partial charge in [-0.3, -0.25) is 4.68 Å².